The second-order valence-electron chi connectivity index (χ2n) is 10.6. The van der Waals surface area contributed by atoms with Crippen molar-refractivity contribution in [3.05, 3.63) is 69.8 Å². The smallest absolute Gasteiger partial charge is 0.194 e. The largest absolute Gasteiger partial charge is 0.382 e. The minimum atomic E-state index is -1.22. The first-order valence-electron chi connectivity index (χ1n) is 13.0. The zero-order chi connectivity index (χ0) is 25.1. The Labute approximate surface area is 208 Å². The van der Waals surface area contributed by atoms with E-state index in [4.69, 9.17) is 4.74 Å². The molecule has 0 atom stereocenters. The van der Waals surface area contributed by atoms with E-state index in [9.17, 15) is 19.8 Å². The van der Waals surface area contributed by atoms with Crippen molar-refractivity contribution in [1.29, 1.82) is 0 Å². The van der Waals surface area contributed by atoms with Gasteiger partial charge in [0.15, 0.2) is 11.6 Å². The van der Waals surface area contributed by atoms with Gasteiger partial charge in [-0.05, 0) is 73.9 Å². The van der Waals surface area contributed by atoms with Gasteiger partial charge in [-0.1, -0.05) is 62.8 Å². The van der Waals surface area contributed by atoms with Crippen molar-refractivity contribution in [3.63, 3.8) is 0 Å². The van der Waals surface area contributed by atoms with E-state index in [-0.39, 0.29) is 11.6 Å². The first-order chi connectivity index (χ1) is 16.7. The molecule has 4 rings (SSSR count). The van der Waals surface area contributed by atoms with E-state index in [1.165, 1.54) is 0 Å². The van der Waals surface area contributed by atoms with Gasteiger partial charge in [0.2, 0.25) is 0 Å². The number of carbonyl (C=O) groups is 2. The lowest BCUT2D eigenvalue weighted by molar-refractivity contribution is 0.0116. The maximum Gasteiger partial charge on any atom is 0.194 e. The molecule has 2 aliphatic rings. The van der Waals surface area contributed by atoms with Crippen LogP contribution in [0.15, 0.2) is 36.4 Å². The minimum Gasteiger partial charge on any atom is -0.382 e. The molecule has 5 heteroatoms. The molecular formula is C30H38O5. The number of Topliss-reactive ketones (excluding diaryl/α,β-unsaturated/α-hetero) is 2. The van der Waals surface area contributed by atoms with Crippen molar-refractivity contribution in [2.45, 2.75) is 102 Å². The highest BCUT2D eigenvalue weighted by atomic mass is 16.5. The van der Waals surface area contributed by atoms with E-state index in [1.54, 1.807) is 12.1 Å². The SMILES string of the molecule is Cc1cc(C(=O)C2(O)CCCCC2)ccc1COCc1ccc(C(=O)C2(O)CCCCC2)cc1C. The Bertz CT molecular complexity index is 989. The average molecular weight is 479 g/mol. The molecule has 2 fully saturated rings. The first-order valence-corrected chi connectivity index (χ1v) is 13.0. The number of rotatable bonds is 8. The molecule has 2 aliphatic carbocycles. The zero-order valence-electron chi connectivity index (χ0n) is 21.1. The van der Waals surface area contributed by atoms with E-state index in [0.29, 0.717) is 50.0 Å². The van der Waals surface area contributed by atoms with Gasteiger partial charge >= 0.3 is 0 Å². The topological polar surface area (TPSA) is 83.8 Å². The predicted molar refractivity (Wildman–Crippen MR) is 136 cm³/mol. The minimum absolute atomic E-state index is 0.170. The third-order valence-electron chi connectivity index (χ3n) is 7.93. The van der Waals surface area contributed by atoms with Crippen LogP contribution in [0.4, 0.5) is 0 Å². The number of hydrogen-bond acceptors (Lipinski definition) is 5. The Morgan fingerprint density at radius 1 is 0.686 bits per heavy atom. The Hall–Kier alpha value is -2.34. The molecule has 0 spiro atoms. The highest BCUT2D eigenvalue weighted by Gasteiger charge is 2.38. The van der Waals surface area contributed by atoms with Crippen molar-refractivity contribution < 1.29 is 24.5 Å². The summed E-state index contributed by atoms with van der Waals surface area (Å²) in [6.45, 7) is 4.74. The molecule has 2 aromatic carbocycles. The quantitative estimate of drug-likeness (QED) is 0.470. The maximum atomic E-state index is 12.9. The molecule has 5 nitrogen and oxygen atoms in total. The summed E-state index contributed by atoms with van der Waals surface area (Å²) in [5.74, 6) is -0.341. The molecule has 0 bridgehead atoms. The van der Waals surface area contributed by atoms with Gasteiger partial charge in [0.05, 0.1) is 13.2 Å². The number of ether oxygens (including phenoxy) is 1. The van der Waals surface area contributed by atoms with Gasteiger partial charge in [-0.25, -0.2) is 0 Å². The van der Waals surface area contributed by atoms with Crippen LogP contribution in [0.5, 0.6) is 0 Å². The van der Waals surface area contributed by atoms with Crippen LogP contribution in [0.2, 0.25) is 0 Å². The number of carbonyl (C=O) groups excluding carboxylic acids is 2. The monoisotopic (exact) mass is 478 g/mol. The van der Waals surface area contributed by atoms with Crippen LogP contribution in [-0.2, 0) is 18.0 Å². The number of benzene rings is 2. The lowest BCUT2D eigenvalue weighted by Crippen LogP contribution is -2.40. The van der Waals surface area contributed by atoms with Crippen LogP contribution in [0.1, 0.15) is 107 Å². The summed E-state index contributed by atoms with van der Waals surface area (Å²) < 4.78 is 5.97. The molecule has 188 valence electrons. The Morgan fingerprint density at radius 2 is 1.06 bits per heavy atom. The van der Waals surface area contributed by atoms with Crippen LogP contribution in [0.3, 0.4) is 0 Å². The zero-order valence-corrected chi connectivity index (χ0v) is 21.1. The molecule has 0 unspecified atom stereocenters. The average Bonchev–Trinajstić information content (AvgIpc) is 2.86. The fourth-order valence-electron chi connectivity index (χ4n) is 5.53. The molecule has 2 saturated carbocycles. The number of hydrogen-bond donors (Lipinski definition) is 2. The van der Waals surface area contributed by atoms with Gasteiger partial charge in [0, 0.05) is 11.1 Å². The Kier molecular flexibility index (Phi) is 7.89. The van der Waals surface area contributed by atoms with Crippen LogP contribution < -0.4 is 0 Å². The molecule has 0 saturated heterocycles. The standard InChI is InChI=1S/C30H38O5/c1-21-17-23(27(31)29(33)13-5-3-6-14-29)9-11-25(21)19-35-20-26-12-10-24(18-22(26)2)28(32)30(34)15-7-4-8-16-30/h9-12,17-18,33-34H,3-8,13-16,19-20H2,1-2H3. The normalized spacial score (nSPS) is 19.3. The van der Waals surface area contributed by atoms with Crippen molar-refractivity contribution >= 4 is 11.6 Å². The third kappa shape index (κ3) is 5.74. The summed E-state index contributed by atoms with van der Waals surface area (Å²) in [6.07, 6.45) is 7.88. The van der Waals surface area contributed by atoms with E-state index >= 15 is 0 Å². The molecule has 2 aromatic rings. The van der Waals surface area contributed by atoms with Crippen LogP contribution >= 0.6 is 0 Å². The number of ketones is 2. The van der Waals surface area contributed by atoms with Crippen molar-refractivity contribution in [1.82, 2.24) is 0 Å². The van der Waals surface area contributed by atoms with Gasteiger partial charge in [-0.15, -0.1) is 0 Å². The van der Waals surface area contributed by atoms with Gasteiger partial charge in [-0.2, -0.15) is 0 Å². The molecule has 0 radical (unpaired) electrons. The highest BCUT2D eigenvalue weighted by molar-refractivity contribution is 6.03. The molecule has 0 aromatic heterocycles. The van der Waals surface area contributed by atoms with Crippen molar-refractivity contribution in [2.75, 3.05) is 0 Å². The van der Waals surface area contributed by atoms with E-state index < -0.39 is 11.2 Å². The molecule has 0 amide bonds. The molecule has 0 heterocycles. The maximum absolute atomic E-state index is 12.9. The van der Waals surface area contributed by atoms with Gasteiger partial charge in [0.25, 0.3) is 0 Å². The van der Waals surface area contributed by atoms with E-state index in [2.05, 4.69) is 0 Å². The summed E-state index contributed by atoms with van der Waals surface area (Å²) in [5.41, 5.74) is 2.61. The summed E-state index contributed by atoms with van der Waals surface area (Å²) in [6, 6.07) is 11.1. The van der Waals surface area contributed by atoms with Crippen molar-refractivity contribution in [3.8, 4) is 0 Å². The Balaban J connectivity index is 1.35. The van der Waals surface area contributed by atoms with Crippen molar-refractivity contribution in [2.24, 2.45) is 0 Å². The number of aliphatic hydroxyl groups is 2. The Morgan fingerprint density at radius 3 is 1.40 bits per heavy atom. The van der Waals surface area contributed by atoms with Gasteiger partial charge in [-0.3, -0.25) is 9.59 Å². The second kappa shape index (κ2) is 10.7. The summed E-state index contributed by atoms with van der Waals surface area (Å²) >= 11 is 0. The second-order valence-corrected chi connectivity index (χ2v) is 10.6. The van der Waals surface area contributed by atoms with E-state index in [0.717, 1.165) is 60.8 Å². The third-order valence-corrected chi connectivity index (χ3v) is 7.93. The fraction of sp³-hybridized carbons (Fsp3) is 0.533. The number of aryl methyl sites for hydroxylation is 2. The van der Waals surface area contributed by atoms with Crippen LogP contribution in [-0.4, -0.2) is 33.0 Å². The summed E-state index contributed by atoms with van der Waals surface area (Å²) in [4.78, 5) is 25.8. The first kappa shape index (κ1) is 25.7. The van der Waals surface area contributed by atoms with E-state index in [1.807, 2.05) is 38.1 Å². The highest BCUT2D eigenvalue weighted by Crippen LogP contribution is 2.33. The summed E-state index contributed by atoms with van der Waals surface area (Å²) in [7, 11) is 0. The molecular weight excluding hydrogens is 440 g/mol. The fourth-order valence-corrected chi connectivity index (χ4v) is 5.53. The molecule has 0 aliphatic heterocycles. The lowest BCUT2D eigenvalue weighted by atomic mass is 9.79. The van der Waals surface area contributed by atoms with Crippen LogP contribution in [0, 0.1) is 13.8 Å². The molecule has 35 heavy (non-hydrogen) atoms. The van der Waals surface area contributed by atoms with Crippen LogP contribution in [0.25, 0.3) is 0 Å². The summed E-state index contributed by atoms with van der Waals surface area (Å²) in [5, 5.41) is 21.6. The predicted octanol–water partition coefficient (Wildman–Crippen LogP) is 5.78. The molecule has 2 N–H and O–H groups in total. The van der Waals surface area contributed by atoms with Gasteiger partial charge < -0.3 is 14.9 Å². The lowest BCUT2D eigenvalue weighted by Gasteiger charge is -2.30. The van der Waals surface area contributed by atoms with Gasteiger partial charge in [0.1, 0.15) is 11.2 Å².